The number of carbonyl (C=O) groups excluding carboxylic acids is 1. The molecule has 0 N–H and O–H groups in total. The number of fused-ring (bicyclic) bond motifs is 1. The molecule has 1 aliphatic rings. The molecule has 7 heteroatoms. The van der Waals surface area contributed by atoms with Crippen molar-refractivity contribution in [3.8, 4) is 17.4 Å². The van der Waals surface area contributed by atoms with Crippen LogP contribution < -0.4 is 14.2 Å². The molecule has 0 aliphatic carbocycles. The highest BCUT2D eigenvalue weighted by atomic mass is 16.5. The van der Waals surface area contributed by atoms with Gasteiger partial charge in [0, 0.05) is 30.9 Å². The number of amides is 1. The molecule has 154 valence electrons. The fraction of sp³-hybridized carbons (Fsp3) is 0.261. The Bertz CT molecular complexity index is 1020. The van der Waals surface area contributed by atoms with Gasteiger partial charge in [0.25, 0.3) is 5.91 Å². The van der Waals surface area contributed by atoms with Crippen LogP contribution in [0.1, 0.15) is 27.2 Å². The van der Waals surface area contributed by atoms with Crippen molar-refractivity contribution in [2.45, 2.75) is 19.6 Å². The Labute approximate surface area is 175 Å². The Morgan fingerprint density at radius 2 is 1.83 bits per heavy atom. The molecule has 4 rings (SSSR count). The normalized spacial score (nSPS) is 13.0. The van der Waals surface area contributed by atoms with Crippen LogP contribution in [0.25, 0.3) is 0 Å². The van der Waals surface area contributed by atoms with Crippen molar-refractivity contribution in [2.75, 3.05) is 20.8 Å². The van der Waals surface area contributed by atoms with Crippen molar-refractivity contribution in [3.63, 3.8) is 0 Å². The highest BCUT2D eigenvalue weighted by Crippen LogP contribution is 2.25. The van der Waals surface area contributed by atoms with E-state index in [0.29, 0.717) is 42.6 Å². The van der Waals surface area contributed by atoms with Crippen LogP contribution in [-0.4, -0.2) is 41.5 Å². The second kappa shape index (κ2) is 8.82. The van der Waals surface area contributed by atoms with Crippen LogP contribution in [-0.2, 0) is 19.6 Å². The maximum atomic E-state index is 13.0. The van der Waals surface area contributed by atoms with Crippen LogP contribution in [0.5, 0.6) is 17.4 Å². The standard InChI is InChI=1S/C23H23N3O4/c1-28-20-7-5-18(24-13-20)15-30-19-6-4-17-9-10-26(23(27)21(17)11-19)14-16-3-8-22(29-2)25-12-16/h3-8,11-13H,9-10,14-15H2,1-2H3. The molecule has 0 saturated heterocycles. The molecule has 1 amide bonds. The van der Waals surface area contributed by atoms with Crippen LogP contribution in [0.4, 0.5) is 0 Å². The van der Waals surface area contributed by atoms with Gasteiger partial charge in [0.05, 0.1) is 26.1 Å². The fourth-order valence-corrected chi connectivity index (χ4v) is 3.36. The van der Waals surface area contributed by atoms with E-state index in [2.05, 4.69) is 9.97 Å². The fourth-order valence-electron chi connectivity index (χ4n) is 3.36. The molecule has 7 nitrogen and oxygen atoms in total. The SMILES string of the molecule is COc1ccc(COc2ccc3c(c2)C(=O)N(Cc2ccc(OC)nc2)CC3)nc1. The summed E-state index contributed by atoms with van der Waals surface area (Å²) < 4.78 is 16.1. The quantitative estimate of drug-likeness (QED) is 0.601. The average molecular weight is 405 g/mol. The molecule has 1 aromatic carbocycles. The second-order valence-corrected chi connectivity index (χ2v) is 6.98. The molecule has 0 radical (unpaired) electrons. The van der Waals surface area contributed by atoms with E-state index in [4.69, 9.17) is 14.2 Å². The van der Waals surface area contributed by atoms with E-state index in [9.17, 15) is 4.79 Å². The lowest BCUT2D eigenvalue weighted by atomic mass is 9.98. The lowest BCUT2D eigenvalue weighted by Crippen LogP contribution is -2.37. The van der Waals surface area contributed by atoms with Gasteiger partial charge in [-0.25, -0.2) is 4.98 Å². The van der Waals surface area contributed by atoms with E-state index in [1.807, 2.05) is 41.3 Å². The lowest BCUT2D eigenvalue weighted by molar-refractivity contribution is 0.0726. The molecule has 0 bridgehead atoms. The number of nitrogens with zero attached hydrogens (tertiary/aromatic N) is 3. The van der Waals surface area contributed by atoms with Crippen molar-refractivity contribution in [1.82, 2.24) is 14.9 Å². The third-order valence-corrected chi connectivity index (χ3v) is 5.05. The first kappa shape index (κ1) is 19.7. The van der Waals surface area contributed by atoms with Crippen LogP contribution in [0, 0.1) is 0 Å². The van der Waals surface area contributed by atoms with E-state index < -0.39 is 0 Å². The molecular weight excluding hydrogens is 382 g/mol. The van der Waals surface area contributed by atoms with Gasteiger partial charge < -0.3 is 19.1 Å². The van der Waals surface area contributed by atoms with Crippen molar-refractivity contribution >= 4 is 5.91 Å². The van der Waals surface area contributed by atoms with Crippen LogP contribution >= 0.6 is 0 Å². The summed E-state index contributed by atoms with van der Waals surface area (Å²) in [5.74, 6) is 1.90. The van der Waals surface area contributed by atoms with Crippen molar-refractivity contribution in [3.05, 3.63) is 77.2 Å². The van der Waals surface area contributed by atoms with Gasteiger partial charge in [0.15, 0.2) is 0 Å². The zero-order valence-corrected chi connectivity index (χ0v) is 17.0. The van der Waals surface area contributed by atoms with E-state index in [0.717, 1.165) is 23.2 Å². The van der Waals surface area contributed by atoms with Gasteiger partial charge in [-0.2, -0.15) is 0 Å². The Morgan fingerprint density at radius 1 is 0.967 bits per heavy atom. The minimum absolute atomic E-state index is 0.0000838. The number of carbonyl (C=O) groups is 1. The average Bonchev–Trinajstić information content (AvgIpc) is 2.80. The highest BCUT2D eigenvalue weighted by molar-refractivity contribution is 5.97. The third kappa shape index (κ3) is 4.35. The molecular formula is C23H23N3O4. The summed E-state index contributed by atoms with van der Waals surface area (Å²) in [6.07, 6.45) is 4.20. The first-order valence-corrected chi connectivity index (χ1v) is 9.69. The zero-order chi connectivity index (χ0) is 20.9. The molecule has 0 unspecified atom stereocenters. The number of pyridine rings is 2. The van der Waals surface area contributed by atoms with Gasteiger partial charge >= 0.3 is 0 Å². The van der Waals surface area contributed by atoms with Crippen LogP contribution in [0.3, 0.4) is 0 Å². The van der Waals surface area contributed by atoms with Crippen LogP contribution in [0.2, 0.25) is 0 Å². The number of hydrogen-bond donors (Lipinski definition) is 0. The number of rotatable bonds is 7. The molecule has 3 heterocycles. The molecule has 3 aromatic rings. The van der Waals surface area contributed by atoms with Gasteiger partial charge in [-0.1, -0.05) is 12.1 Å². The Morgan fingerprint density at radius 3 is 2.53 bits per heavy atom. The predicted molar refractivity (Wildman–Crippen MR) is 111 cm³/mol. The lowest BCUT2D eigenvalue weighted by Gasteiger charge is -2.29. The van der Waals surface area contributed by atoms with Crippen LogP contribution in [0.15, 0.2) is 54.9 Å². The number of ether oxygens (including phenoxy) is 3. The monoisotopic (exact) mass is 405 g/mol. The Balaban J connectivity index is 1.44. The third-order valence-electron chi connectivity index (χ3n) is 5.05. The first-order valence-electron chi connectivity index (χ1n) is 9.69. The summed E-state index contributed by atoms with van der Waals surface area (Å²) in [6, 6.07) is 13.1. The summed E-state index contributed by atoms with van der Waals surface area (Å²) in [5, 5.41) is 0. The summed E-state index contributed by atoms with van der Waals surface area (Å²) in [5.41, 5.74) is 3.47. The molecule has 1 aliphatic heterocycles. The Hall–Kier alpha value is -3.61. The van der Waals surface area contributed by atoms with Gasteiger partial charge in [-0.3, -0.25) is 9.78 Å². The second-order valence-electron chi connectivity index (χ2n) is 6.98. The van der Waals surface area contributed by atoms with Crippen molar-refractivity contribution in [1.29, 1.82) is 0 Å². The minimum atomic E-state index is 0.0000838. The largest absolute Gasteiger partial charge is 0.495 e. The van der Waals surface area contributed by atoms with Crippen molar-refractivity contribution in [2.24, 2.45) is 0 Å². The van der Waals surface area contributed by atoms with Gasteiger partial charge in [-0.15, -0.1) is 0 Å². The van der Waals surface area contributed by atoms with E-state index in [1.54, 1.807) is 32.7 Å². The maximum absolute atomic E-state index is 13.0. The highest BCUT2D eigenvalue weighted by Gasteiger charge is 2.25. The van der Waals surface area contributed by atoms with Crippen molar-refractivity contribution < 1.29 is 19.0 Å². The number of benzene rings is 1. The summed E-state index contributed by atoms with van der Waals surface area (Å²) >= 11 is 0. The van der Waals surface area contributed by atoms with Gasteiger partial charge in [0.1, 0.15) is 18.1 Å². The number of methoxy groups -OCH3 is 2. The van der Waals surface area contributed by atoms with E-state index >= 15 is 0 Å². The molecule has 30 heavy (non-hydrogen) atoms. The molecule has 2 aromatic heterocycles. The number of aromatic nitrogens is 2. The molecule has 0 spiro atoms. The molecule has 0 saturated carbocycles. The van der Waals surface area contributed by atoms with E-state index in [-0.39, 0.29) is 5.91 Å². The molecule has 0 atom stereocenters. The van der Waals surface area contributed by atoms with Gasteiger partial charge in [0.2, 0.25) is 5.88 Å². The molecule has 0 fully saturated rings. The van der Waals surface area contributed by atoms with E-state index in [1.165, 1.54) is 0 Å². The smallest absolute Gasteiger partial charge is 0.254 e. The predicted octanol–water partition coefficient (Wildman–Crippen LogP) is 3.27. The minimum Gasteiger partial charge on any atom is -0.495 e. The maximum Gasteiger partial charge on any atom is 0.254 e. The topological polar surface area (TPSA) is 73.8 Å². The summed E-state index contributed by atoms with van der Waals surface area (Å²) in [7, 11) is 3.18. The summed E-state index contributed by atoms with van der Waals surface area (Å²) in [6.45, 7) is 1.50. The number of hydrogen-bond acceptors (Lipinski definition) is 6. The van der Waals surface area contributed by atoms with Gasteiger partial charge in [-0.05, 0) is 41.8 Å². The zero-order valence-electron chi connectivity index (χ0n) is 17.0. The summed E-state index contributed by atoms with van der Waals surface area (Å²) in [4.78, 5) is 23.4. The first-order chi connectivity index (χ1) is 14.7. The Kier molecular flexibility index (Phi) is 5.79.